The lowest BCUT2D eigenvalue weighted by Gasteiger charge is -2.07. The minimum Gasteiger partial charge on any atom is -0.500 e. The number of hydrogen-bond acceptors (Lipinski definition) is 6. The van der Waals surface area contributed by atoms with Gasteiger partial charge in [0.15, 0.2) is 5.75 Å². The number of ether oxygens (including phenoxy) is 1. The molecular weight excluding hydrogens is 326 g/mol. The molecule has 0 aliphatic carbocycles. The molecule has 0 atom stereocenters. The Morgan fingerprint density at radius 3 is 2.76 bits per heavy atom. The summed E-state index contributed by atoms with van der Waals surface area (Å²) in [6, 6.07) is 9.56. The quantitative estimate of drug-likeness (QED) is 0.475. The summed E-state index contributed by atoms with van der Waals surface area (Å²) >= 11 is 0. The number of nitrogens with zero attached hydrogens (tertiary/aromatic N) is 2. The van der Waals surface area contributed by atoms with Crippen LogP contribution in [0.5, 0.6) is 11.5 Å². The van der Waals surface area contributed by atoms with Crippen LogP contribution in [0.2, 0.25) is 0 Å². The van der Waals surface area contributed by atoms with E-state index in [2.05, 4.69) is 10.5 Å². The average Bonchev–Trinajstić information content (AvgIpc) is 2.57. The summed E-state index contributed by atoms with van der Waals surface area (Å²) in [5.41, 5.74) is 3.44. The first-order valence-corrected chi connectivity index (χ1v) is 7.47. The van der Waals surface area contributed by atoms with Gasteiger partial charge in [0, 0.05) is 17.2 Å². The highest BCUT2D eigenvalue weighted by Crippen LogP contribution is 2.36. The highest BCUT2D eigenvalue weighted by molar-refractivity contribution is 5.96. The molecule has 25 heavy (non-hydrogen) atoms. The van der Waals surface area contributed by atoms with Gasteiger partial charge in [0.25, 0.3) is 5.91 Å². The van der Waals surface area contributed by atoms with E-state index in [9.17, 15) is 20.0 Å². The molecule has 130 valence electrons. The zero-order valence-corrected chi connectivity index (χ0v) is 13.7. The van der Waals surface area contributed by atoms with Crippen LogP contribution >= 0.6 is 0 Å². The van der Waals surface area contributed by atoms with E-state index in [1.807, 2.05) is 6.07 Å². The molecule has 0 aliphatic rings. The Labute approximate surface area is 143 Å². The van der Waals surface area contributed by atoms with Crippen molar-refractivity contribution in [1.82, 2.24) is 5.43 Å². The molecule has 2 aromatic carbocycles. The third kappa shape index (κ3) is 4.31. The summed E-state index contributed by atoms with van der Waals surface area (Å²) in [7, 11) is 0. The van der Waals surface area contributed by atoms with Crippen LogP contribution in [0.25, 0.3) is 0 Å². The Hall–Kier alpha value is -3.42. The minimum atomic E-state index is -0.721. The van der Waals surface area contributed by atoms with E-state index in [1.165, 1.54) is 12.3 Å². The first-order valence-electron chi connectivity index (χ1n) is 7.47. The Morgan fingerprint density at radius 1 is 1.40 bits per heavy atom. The second-order valence-corrected chi connectivity index (χ2v) is 5.09. The molecule has 0 saturated carbocycles. The van der Waals surface area contributed by atoms with Crippen molar-refractivity contribution in [2.75, 3.05) is 6.61 Å². The van der Waals surface area contributed by atoms with Crippen LogP contribution in [-0.4, -0.2) is 28.8 Å². The lowest BCUT2D eigenvalue weighted by Crippen LogP contribution is -2.18. The lowest BCUT2D eigenvalue weighted by molar-refractivity contribution is -0.386. The van der Waals surface area contributed by atoms with Crippen molar-refractivity contribution in [2.45, 2.75) is 13.8 Å². The number of nitro benzene ring substituents is 1. The Balaban J connectivity index is 2.21. The van der Waals surface area contributed by atoms with E-state index in [0.717, 1.165) is 11.6 Å². The lowest BCUT2D eigenvalue weighted by atomic mass is 10.1. The summed E-state index contributed by atoms with van der Waals surface area (Å²) in [5.74, 6) is -0.969. The van der Waals surface area contributed by atoms with Gasteiger partial charge in [0.1, 0.15) is 0 Å². The largest absolute Gasteiger partial charge is 0.500 e. The van der Waals surface area contributed by atoms with Crippen LogP contribution in [0.15, 0.2) is 41.5 Å². The second-order valence-electron chi connectivity index (χ2n) is 5.09. The summed E-state index contributed by atoms with van der Waals surface area (Å²) in [5, 5.41) is 24.6. The van der Waals surface area contributed by atoms with Crippen molar-refractivity contribution in [3.8, 4) is 11.5 Å². The molecule has 0 heterocycles. The number of hydrogen-bond donors (Lipinski definition) is 2. The maximum atomic E-state index is 12.1. The number of phenolic OH excluding ortho intramolecular Hbond substituents is 1. The van der Waals surface area contributed by atoms with Gasteiger partial charge in [-0.3, -0.25) is 14.9 Å². The van der Waals surface area contributed by atoms with Crippen LogP contribution < -0.4 is 10.2 Å². The number of carbonyl (C=O) groups is 1. The highest BCUT2D eigenvalue weighted by Gasteiger charge is 2.19. The SMILES string of the molecule is CCOc1cc(/C=N/NC(=O)c2ccccc2C)cc([N+](=O)[O-])c1O. The normalized spacial score (nSPS) is 10.6. The maximum Gasteiger partial charge on any atom is 0.315 e. The predicted molar refractivity (Wildman–Crippen MR) is 92.2 cm³/mol. The summed E-state index contributed by atoms with van der Waals surface area (Å²) in [4.78, 5) is 22.3. The number of amides is 1. The van der Waals surface area contributed by atoms with Gasteiger partial charge in [-0.15, -0.1) is 0 Å². The fourth-order valence-electron chi connectivity index (χ4n) is 2.15. The first kappa shape index (κ1) is 17.9. The average molecular weight is 343 g/mol. The zero-order chi connectivity index (χ0) is 18.4. The van der Waals surface area contributed by atoms with Gasteiger partial charge in [-0.25, -0.2) is 5.43 Å². The molecule has 8 nitrogen and oxygen atoms in total. The van der Waals surface area contributed by atoms with Gasteiger partial charge in [-0.2, -0.15) is 5.10 Å². The third-order valence-corrected chi connectivity index (χ3v) is 3.34. The number of nitrogens with one attached hydrogen (secondary N) is 1. The molecule has 0 radical (unpaired) electrons. The number of carbonyl (C=O) groups excluding carboxylic acids is 1. The number of hydrazone groups is 1. The fourth-order valence-corrected chi connectivity index (χ4v) is 2.15. The topological polar surface area (TPSA) is 114 Å². The number of nitro groups is 1. The zero-order valence-electron chi connectivity index (χ0n) is 13.7. The molecule has 2 rings (SSSR count). The molecule has 0 bridgehead atoms. The molecule has 0 aliphatic heterocycles. The van der Waals surface area contributed by atoms with Crippen LogP contribution in [0, 0.1) is 17.0 Å². The van der Waals surface area contributed by atoms with Gasteiger partial charge >= 0.3 is 5.69 Å². The van der Waals surface area contributed by atoms with E-state index >= 15 is 0 Å². The van der Waals surface area contributed by atoms with Gasteiger partial charge < -0.3 is 9.84 Å². The van der Waals surface area contributed by atoms with Gasteiger partial charge in [0.2, 0.25) is 5.75 Å². The molecule has 0 saturated heterocycles. The van der Waals surface area contributed by atoms with Gasteiger partial charge in [-0.05, 0) is 31.5 Å². The first-order chi connectivity index (χ1) is 11.9. The number of aromatic hydroxyl groups is 1. The number of benzene rings is 2. The van der Waals surface area contributed by atoms with Gasteiger partial charge in [0.05, 0.1) is 17.7 Å². The highest BCUT2D eigenvalue weighted by atomic mass is 16.6. The van der Waals surface area contributed by atoms with Crippen molar-refractivity contribution >= 4 is 17.8 Å². The number of rotatable bonds is 6. The van der Waals surface area contributed by atoms with Crippen molar-refractivity contribution < 1.29 is 19.6 Å². The Morgan fingerprint density at radius 2 is 2.12 bits per heavy atom. The fraction of sp³-hybridized carbons (Fsp3) is 0.176. The molecule has 2 N–H and O–H groups in total. The second kappa shape index (κ2) is 7.91. The van der Waals surface area contributed by atoms with Crippen LogP contribution in [-0.2, 0) is 0 Å². The van der Waals surface area contributed by atoms with Crippen LogP contribution in [0.3, 0.4) is 0 Å². The molecule has 0 unspecified atom stereocenters. The molecule has 1 amide bonds. The van der Waals surface area contributed by atoms with E-state index in [0.29, 0.717) is 11.1 Å². The molecule has 8 heteroatoms. The predicted octanol–water partition coefficient (Wildman–Crippen LogP) is 2.77. The van der Waals surface area contributed by atoms with Crippen molar-refractivity contribution in [3.05, 3.63) is 63.2 Å². The molecule has 0 fully saturated rings. The smallest absolute Gasteiger partial charge is 0.315 e. The summed E-state index contributed by atoms with van der Waals surface area (Å²) in [6.45, 7) is 3.72. The standard InChI is InChI=1S/C17H17N3O5/c1-3-25-15-9-12(8-14(16(15)21)20(23)24)10-18-19-17(22)13-7-5-4-6-11(13)2/h4-10,21H,3H2,1-2H3,(H,19,22)/b18-10+. The van der Waals surface area contributed by atoms with Crippen molar-refractivity contribution in [2.24, 2.45) is 5.10 Å². The molecule has 0 aromatic heterocycles. The van der Waals surface area contributed by atoms with Crippen LogP contribution in [0.4, 0.5) is 5.69 Å². The minimum absolute atomic E-state index is 0.0246. The molecular formula is C17H17N3O5. The monoisotopic (exact) mass is 343 g/mol. The Bertz CT molecular complexity index is 833. The van der Waals surface area contributed by atoms with Crippen molar-refractivity contribution in [3.63, 3.8) is 0 Å². The van der Waals surface area contributed by atoms with E-state index in [-0.39, 0.29) is 12.4 Å². The van der Waals surface area contributed by atoms with Gasteiger partial charge in [-0.1, -0.05) is 18.2 Å². The van der Waals surface area contributed by atoms with E-state index < -0.39 is 22.3 Å². The van der Waals surface area contributed by atoms with Crippen LogP contribution in [0.1, 0.15) is 28.4 Å². The molecule has 0 spiro atoms. The maximum absolute atomic E-state index is 12.1. The Kier molecular flexibility index (Phi) is 5.67. The van der Waals surface area contributed by atoms with E-state index in [4.69, 9.17) is 4.74 Å². The number of aryl methyl sites for hydroxylation is 1. The summed E-state index contributed by atoms with van der Waals surface area (Å²) < 4.78 is 5.18. The number of phenols is 1. The third-order valence-electron chi connectivity index (χ3n) is 3.34. The van der Waals surface area contributed by atoms with E-state index in [1.54, 1.807) is 32.0 Å². The molecule has 2 aromatic rings. The van der Waals surface area contributed by atoms with Crippen molar-refractivity contribution in [1.29, 1.82) is 0 Å². The summed E-state index contributed by atoms with van der Waals surface area (Å²) in [6.07, 6.45) is 1.24.